The van der Waals surface area contributed by atoms with Crippen molar-refractivity contribution in [3.8, 4) is 0 Å². The van der Waals surface area contributed by atoms with Crippen molar-refractivity contribution >= 4 is 44.3 Å². The number of pyridine rings is 2. The van der Waals surface area contributed by atoms with Crippen LogP contribution in [0.25, 0.3) is 10.9 Å². The number of hydrogen-bond acceptors (Lipinski definition) is 4. The summed E-state index contributed by atoms with van der Waals surface area (Å²) < 4.78 is 0.976. The van der Waals surface area contributed by atoms with Gasteiger partial charge in [-0.3, -0.25) is 4.98 Å². The van der Waals surface area contributed by atoms with Gasteiger partial charge in [-0.1, -0.05) is 11.8 Å². The Morgan fingerprint density at radius 2 is 1.95 bits per heavy atom. The molecular formula is C14H10BrN3S. The Balaban J connectivity index is 2.03. The Bertz CT molecular complexity index is 728. The first-order chi connectivity index (χ1) is 9.22. The van der Waals surface area contributed by atoms with E-state index in [2.05, 4.69) is 25.9 Å². The van der Waals surface area contributed by atoms with Crippen LogP contribution in [0.3, 0.4) is 0 Å². The molecule has 1 aromatic carbocycles. The van der Waals surface area contributed by atoms with E-state index in [-0.39, 0.29) is 0 Å². The molecule has 0 bridgehead atoms. The number of anilines is 1. The van der Waals surface area contributed by atoms with E-state index in [1.807, 2.05) is 36.4 Å². The minimum Gasteiger partial charge on any atom is -0.399 e. The molecule has 0 saturated carbocycles. The first-order valence-corrected chi connectivity index (χ1v) is 7.27. The maximum atomic E-state index is 5.78. The molecule has 94 valence electrons. The molecule has 0 aliphatic rings. The van der Waals surface area contributed by atoms with Gasteiger partial charge in [0, 0.05) is 32.8 Å². The lowest BCUT2D eigenvalue weighted by Gasteiger charge is -2.05. The fourth-order valence-corrected chi connectivity index (χ4v) is 2.88. The van der Waals surface area contributed by atoms with Crippen LogP contribution in [0, 0.1) is 0 Å². The summed E-state index contributed by atoms with van der Waals surface area (Å²) in [7, 11) is 0. The lowest BCUT2D eigenvalue weighted by atomic mass is 10.2. The fourth-order valence-electron chi connectivity index (χ4n) is 1.76. The molecule has 2 aromatic heterocycles. The molecule has 0 aliphatic carbocycles. The number of rotatable bonds is 2. The zero-order chi connectivity index (χ0) is 13.2. The highest BCUT2D eigenvalue weighted by Crippen LogP contribution is 2.32. The van der Waals surface area contributed by atoms with Gasteiger partial charge < -0.3 is 5.73 Å². The molecule has 0 spiro atoms. The number of halogens is 1. The van der Waals surface area contributed by atoms with E-state index in [0.717, 1.165) is 31.0 Å². The third-order valence-electron chi connectivity index (χ3n) is 2.64. The largest absolute Gasteiger partial charge is 0.399 e. The van der Waals surface area contributed by atoms with Crippen molar-refractivity contribution in [2.24, 2.45) is 0 Å². The molecule has 19 heavy (non-hydrogen) atoms. The van der Waals surface area contributed by atoms with Crippen LogP contribution in [0.15, 0.2) is 63.2 Å². The van der Waals surface area contributed by atoms with Gasteiger partial charge in [-0.05, 0) is 52.3 Å². The van der Waals surface area contributed by atoms with E-state index in [1.54, 1.807) is 24.2 Å². The molecule has 3 rings (SSSR count). The molecular weight excluding hydrogens is 322 g/mol. The second-order valence-electron chi connectivity index (χ2n) is 4.00. The van der Waals surface area contributed by atoms with Gasteiger partial charge in [-0.2, -0.15) is 0 Å². The number of aromatic nitrogens is 2. The topological polar surface area (TPSA) is 51.8 Å². The van der Waals surface area contributed by atoms with Gasteiger partial charge in [-0.25, -0.2) is 4.98 Å². The normalized spacial score (nSPS) is 10.8. The Morgan fingerprint density at radius 1 is 1.05 bits per heavy atom. The van der Waals surface area contributed by atoms with E-state index in [9.17, 15) is 0 Å². The Kier molecular flexibility index (Phi) is 3.40. The van der Waals surface area contributed by atoms with Crippen LogP contribution >= 0.6 is 27.7 Å². The van der Waals surface area contributed by atoms with E-state index >= 15 is 0 Å². The van der Waals surface area contributed by atoms with E-state index in [1.165, 1.54) is 0 Å². The minimum atomic E-state index is 0.726. The smallest absolute Gasteiger partial charge is 0.101 e. The number of benzene rings is 1. The maximum Gasteiger partial charge on any atom is 0.101 e. The molecule has 2 N–H and O–H groups in total. The van der Waals surface area contributed by atoms with Crippen molar-refractivity contribution < 1.29 is 0 Å². The summed E-state index contributed by atoms with van der Waals surface area (Å²) in [5, 5.41) is 2.04. The van der Waals surface area contributed by atoms with Gasteiger partial charge in [0.2, 0.25) is 0 Å². The highest BCUT2D eigenvalue weighted by molar-refractivity contribution is 9.10. The molecule has 3 nitrogen and oxygen atoms in total. The summed E-state index contributed by atoms with van der Waals surface area (Å²) in [6.07, 6.45) is 3.59. The monoisotopic (exact) mass is 331 g/mol. The van der Waals surface area contributed by atoms with Crippen LogP contribution in [-0.4, -0.2) is 9.97 Å². The van der Waals surface area contributed by atoms with Crippen molar-refractivity contribution in [2.75, 3.05) is 5.73 Å². The summed E-state index contributed by atoms with van der Waals surface area (Å²) in [5.41, 5.74) is 7.41. The van der Waals surface area contributed by atoms with Crippen LogP contribution in [0.5, 0.6) is 0 Å². The number of fused-ring (bicyclic) bond motifs is 1. The van der Waals surface area contributed by atoms with Crippen LogP contribution in [0.4, 0.5) is 5.69 Å². The van der Waals surface area contributed by atoms with Gasteiger partial charge in [0.1, 0.15) is 5.03 Å². The molecule has 0 radical (unpaired) electrons. The second kappa shape index (κ2) is 5.19. The van der Waals surface area contributed by atoms with Crippen LogP contribution in [0.2, 0.25) is 0 Å². The third-order valence-corrected chi connectivity index (χ3v) is 4.14. The lowest BCUT2D eigenvalue weighted by molar-refractivity contribution is 1.12. The summed E-state index contributed by atoms with van der Waals surface area (Å²) in [4.78, 5) is 9.83. The van der Waals surface area contributed by atoms with Crippen LogP contribution in [0.1, 0.15) is 0 Å². The Labute approximate surface area is 123 Å². The van der Waals surface area contributed by atoms with Crippen molar-refractivity contribution in [1.29, 1.82) is 0 Å². The average molecular weight is 332 g/mol. The van der Waals surface area contributed by atoms with Crippen molar-refractivity contribution in [3.05, 3.63) is 53.3 Å². The summed E-state index contributed by atoms with van der Waals surface area (Å²) in [6.45, 7) is 0. The lowest BCUT2D eigenvalue weighted by Crippen LogP contribution is -1.87. The van der Waals surface area contributed by atoms with Gasteiger partial charge in [0.25, 0.3) is 0 Å². The molecule has 5 heteroatoms. The summed E-state index contributed by atoms with van der Waals surface area (Å²) in [6, 6.07) is 11.7. The summed E-state index contributed by atoms with van der Waals surface area (Å²) >= 11 is 5.00. The number of nitrogen functional groups attached to an aromatic ring is 1. The number of nitrogens with two attached hydrogens (primary N) is 1. The third kappa shape index (κ3) is 2.72. The molecule has 0 fully saturated rings. The second-order valence-corrected chi connectivity index (χ2v) is 5.98. The molecule has 0 amide bonds. The molecule has 2 heterocycles. The maximum absolute atomic E-state index is 5.78. The quantitative estimate of drug-likeness (QED) is 0.717. The van der Waals surface area contributed by atoms with Gasteiger partial charge in [-0.15, -0.1) is 0 Å². The highest BCUT2D eigenvalue weighted by Gasteiger charge is 2.05. The van der Waals surface area contributed by atoms with Crippen LogP contribution < -0.4 is 5.73 Å². The number of hydrogen-bond donors (Lipinski definition) is 1. The average Bonchev–Trinajstić information content (AvgIpc) is 2.41. The van der Waals surface area contributed by atoms with Crippen LogP contribution in [-0.2, 0) is 0 Å². The molecule has 0 aliphatic heterocycles. The SMILES string of the molecule is Nc1ccc2c(Sc3ccc(Br)cn3)ccnc2c1. The molecule has 0 atom stereocenters. The zero-order valence-corrected chi connectivity index (χ0v) is 12.3. The van der Waals surface area contributed by atoms with Crippen molar-refractivity contribution in [2.45, 2.75) is 9.92 Å². The minimum absolute atomic E-state index is 0.726. The first kappa shape index (κ1) is 12.4. The molecule has 3 aromatic rings. The Morgan fingerprint density at radius 3 is 2.74 bits per heavy atom. The predicted octanol–water partition coefficient (Wildman–Crippen LogP) is 4.13. The Hall–Kier alpha value is -1.59. The van der Waals surface area contributed by atoms with Crippen molar-refractivity contribution in [3.63, 3.8) is 0 Å². The molecule has 0 saturated heterocycles. The predicted molar refractivity (Wildman–Crippen MR) is 82.2 cm³/mol. The molecule has 0 unspecified atom stereocenters. The van der Waals surface area contributed by atoms with E-state index < -0.39 is 0 Å². The fraction of sp³-hybridized carbons (Fsp3) is 0. The van der Waals surface area contributed by atoms with E-state index in [4.69, 9.17) is 5.73 Å². The zero-order valence-electron chi connectivity index (χ0n) is 9.88. The number of nitrogens with zero attached hydrogens (tertiary/aromatic N) is 2. The van der Waals surface area contributed by atoms with Gasteiger partial charge in [0.05, 0.1) is 5.52 Å². The standard InChI is InChI=1S/C14H10BrN3S/c15-9-1-4-14(18-8-9)19-13-5-6-17-12-7-10(16)2-3-11(12)13/h1-8H,16H2. The first-order valence-electron chi connectivity index (χ1n) is 5.66. The van der Waals surface area contributed by atoms with Gasteiger partial charge in [0.15, 0.2) is 0 Å². The highest BCUT2D eigenvalue weighted by atomic mass is 79.9. The summed E-state index contributed by atoms with van der Waals surface area (Å²) in [5.74, 6) is 0. The van der Waals surface area contributed by atoms with Gasteiger partial charge >= 0.3 is 0 Å². The van der Waals surface area contributed by atoms with E-state index in [0.29, 0.717) is 0 Å². The van der Waals surface area contributed by atoms with Crippen molar-refractivity contribution in [1.82, 2.24) is 9.97 Å².